The lowest BCUT2D eigenvalue weighted by molar-refractivity contribution is 0.0520. The smallest absolute Gasteiger partial charge is 0.0566 e. The normalized spacial score (nSPS) is 27.2. The molecule has 1 heterocycles. The van der Waals surface area contributed by atoms with Crippen LogP contribution in [0.2, 0.25) is 0 Å². The molecule has 114 valence electrons. The molecule has 0 aromatic heterocycles. The molecule has 2 N–H and O–H groups in total. The van der Waals surface area contributed by atoms with Crippen LogP contribution in [0.4, 0.5) is 0 Å². The lowest BCUT2D eigenvalue weighted by Crippen LogP contribution is -2.52. The van der Waals surface area contributed by atoms with Crippen molar-refractivity contribution in [2.45, 2.75) is 72.1 Å². The van der Waals surface area contributed by atoms with Gasteiger partial charge in [0, 0.05) is 25.2 Å². The van der Waals surface area contributed by atoms with Gasteiger partial charge in [0.1, 0.15) is 0 Å². The van der Waals surface area contributed by atoms with E-state index in [1.165, 1.54) is 12.8 Å². The molecule has 0 saturated carbocycles. The zero-order valence-electron chi connectivity index (χ0n) is 13.5. The van der Waals surface area contributed by atoms with Crippen LogP contribution in [-0.4, -0.2) is 47.8 Å². The van der Waals surface area contributed by atoms with E-state index in [1.54, 1.807) is 0 Å². The number of aliphatic hydroxyl groups excluding tert-OH is 1. The lowest BCUT2D eigenvalue weighted by Gasteiger charge is -2.41. The Morgan fingerprint density at radius 3 is 2.42 bits per heavy atom. The van der Waals surface area contributed by atoms with Gasteiger partial charge in [0.25, 0.3) is 0 Å². The molecule has 0 radical (unpaired) electrons. The van der Waals surface area contributed by atoms with E-state index in [-0.39, 0.29) is 6.10 Å². The molecule has 0 bridgehead atoms. The molecule has 3 atom stereocenters. The van der Waals surface area contributed by atoms with Crippen molar-refractivity contribution in [1.82, 2.24) is 10.2 Å². The first-order chi connectivity index (χ1) is 8.93. The molecule has 0 amide bonds. The van der Waals surface area contributed by atoms with Crippen LogP contribution in [-0.2, 0) is 0 Å². The first-order valence-corrected chi connectivity index (χ1v) is 8.09. The van der Waals surface area contributed by atoms with Crippen molar-refractivity contribution in [3.8, 4) is 0 Å². The maximum Gasteiger partial charge on any atom is 0.0566 e. The number of likely N-dealkylation sites (tertiary alicyclic amines) is 1. The van der Waals surface area contributed by atoms with Crippen molar-refractivity contribution < 1.29 is 5.11 Å². The first kappa shape index (κ1) is 16.9. The monoisotopic (exact) mass is 270 g/mol. The molecule has 1 saturated heterocycles. The fourth-order valence-electron chi connectivity index (χ4n) is 2.94. The van der Waals surface area contributed by atoms with E-state index in [9.17, 15) is 5.11 Å². The number of nitrogens with zero attached hydrogens (tertiary/aromatic N) is 1. The molecule has 3 unspecified atom stereocenters. The third-order valence-electron chi connectivity index (χ3n) is 4.32. The van der Waals surface area contributed by atoms with Gasteiger partial charge in [-0.15, -0.1) is 0 Å². The Morgan fingerprint density at radius 1 is 1.21 bits per heavy atom. The highest BCUT2D eigenvalue weighted by Gasteiger charge is 2.29. The molecule has 1 aliphatic rings. The molecule has 0 aromatic rings. The largest absolute Gasteiger partial charge is 0.393 e. The minimum Gasteiger partial charge on any atom is -0.393 e. The lowest BCUT2D eigenvalue weighted by atomic mass is 9.86. The molecule has 1 aliphatic heterocycles. The summed E-state index contributed by atoms with van der Waals surface area (Å²) in [4.78, 5) is 2.56. The molecule has 19 heavy (non-hydrogen) atoms. The quantitative estimate of drug-likeness (QED) is 0.746. The molecular weight excluding hydrogens is 236 g/mol. The second-order valence-corrected chi connectivity index (χ2v) is 6.85. The number of hydrogen-bond donors (Lipinski definition) is 2. The van der Waals surface area contributed by atoms with Gasteiger partial charge >= 0.3 is 0 Å². The van der Waals surface area contributed by atoms with Gasteiger partial charge in [-0.05, 0) is 51.5 Å². The van der Waals surface area contributed by atoms with Crippen LogP contribution >= 0.6 is 0 Å². The summed E-state index contributed by atoms with van der Waals surface area (Å²) in [6.45, 7) is 14.4. The van der Waals surface area contributed by atoms with Gasteiger partial charge < -0.3 is 10.4 Å². The summed E-state index contributed by atoms with van der Waals surface area (Å²) < 4.78 is 0. The SMILES string of the molecule is CCCNC1CC(CC(O)C(C)C)CN(C(C)C)C1. The van der Waals surface area contributed by atoms with Crippen LogP contribution in [0, 0.1) is 11.8 Å². The fraction of sp³-hybridized carbons (Fsp3) is 1.00. The Bertz CT molecular complexity index is 241. The Hall–Kier alpha value is -0.120. The summed E-state index contributed by atoms with van der Waals surface area (Å²) >= 11 is 0. The topological polar surface area (TPSA) is 35.5 Å². The second kappa shape index (κ2) is 8.23. The Kier molecular flexibility index (Phi) is 7.33. The van der Waals surface area contributed by atoms with Crippen LogP contribution in [0.5, 0.6) is 0 Å². The van der Waals surface area contributed by atoms with Gasteiger partial charge in [0.05, 0.1) is 6.10 Å². The van der Waals surface area contributed by atoms with Crippen LogP contribution in [0.25, 0.3) is 0 Å². The average molecular weight is 270 g/mol. The van der Waals surface area contributed by atoms with Crippen molar-refractivity contribution in [2.75, 3.05) is 19.6 Å². The van der Waals surface area contributed by atoms with E-state index in [1.807, 2.05) is 0 Å². The Balaban J connectivity index is 2.54. The van der Waals surface area contributed by atoms with E-state index in [4.69, 9.17) is 0 Å². The summed E-state index contributed by atoms with van der Waals surface area (Å²) in [6, 6.07) is 1.20. The third kappa shape index (κ3) is 5.80. The molecule has 3 nitrogen and oxygen atoms in total. The summed E-state index contributed by atoms with van der Waals surface area (Å²) in [5, 5.41) is 13.8. The van der Waals surface area contributed by atoms with Crippen LogP contribution in [0.15, 0.2) is 0 Å². The van der Waals surface area contributed by atoms with Crippen molar-refractivity contribution in [1.29, 1.82) is 0 Å². The number of aliphatic hydroxyl groups is 1. The summed E-state index contributed by atoms with van der Waals surface area (Å²) in [6.07, 6.45) is 3.21. The summed E-state index contributed by atoms with van der Waals surface area (Å²) in [5.74, 6) is 0.999. The molecule has 3 heteroatoms. The molecule has 1 fully saturated rings. The molecule has 1 rings (SSSR count). The Labute approximate surface area is 119 Å². The van der Waals surface area contributed by atoms with E-state index >= 15 is 0 Å². The van der Waals surface area contributed by atoms with Crippen molar-refractivity contribution in [2.24, 2.45) is 11.8 Å². The molecule has 0 spiro atoms. The summed E-state index contributed by atoms with van der Waals surface area (Å²) in [7, 11) is 0. The highest BCUT2D eigenvalue weighted by Crippen LogP contribution is 2.25. The highest BCUT2D eigenvalue weighted by atomic mass is 16.3. The highest BCUT2D eigenvalue weighted by molar-refractivity contribution is 4.86. The van der Waals surface area contributed by atoms with E-state index < -0.39 is 0 Å². The van der Waals surface area contributed by atoms with E-state index in [0.29, 0.717) is 23.9 Å². The number of rotatable bonds is 7. The summed E-state index contributed by atoms with van der Waals surface area (Å²) in [5.41, 5.74) is 0. The molecule has 0 aromatic carbocycles. The van der Waals surface area contributed by atoms with Gasteiger partial charge in [-0.1, -0.05) is 20.8 Å². The van der Waals surface area contributed by atoms with Crippen LogP contribution in [0.1, 0.15) is 53.9 Å². The van der Waals surface area contributed by atoms with Gasteiger partial charge in [0.2, 0.25) is 0 Å². The average Bonchev–Trinajstić information content (AvgIpc) is 2.35. The van der Waals surface area contributed by atoms with Gasteiger partial charge in [-0.2, -0.15) is 0 Å². The number of nitrogens with one attached hydrogen (secondary N) is 1. The maximum absolute atomic E-state index is 10.1. The standard InChI is InChI=1S/C16H34N2O/c1-6-7-17-15-8-14(9-16(19)12(2)3)10-18(11-15)13(4)5/h12-17,19H,6-11H2,1-5H3. The van der Waals surface area contributed by atoms with Crippen LogP contribution < -0.4 is 5.32 Å². The third-order valence-corrected chi connectivity index (χ3v) is 4.32. The molecule has 0 aliphatic carbocycles. The minimum absolute atomic E-state index is 0.149. The fourth-order valence-corrected chi connectivity index (χ4v) is 2.94. The Morgan fingerprint density at radius 2 is 1.89 bits per heavy atom. The number of hydrogen-bond acceptors (Lipinski definition) is 3. The van der Waals surface area contributed by atoms with Crippen LogP contribution in [0.3, 0.4) is 0 Å². The number of piperidine rings is 1. The van der Waals surface area contributed by atoms with Gasteiger partial charge in [0.15, 0.2) is 0 Å². The maximum atomic E-state index is 10.1. The zero-order chi connectivity index (χ0) is 14.4. The van der Waals surface area contributed by atoms with Crippen molar-refractivity contribution in [3.05, 3.63) is 0 Å². The molecular formula is C16H34N2O. The second-order valence-electron chi connectivity index (χ2n) is 6.85. The van der Waals surface area contributed by atoms with Gasteiger partial charge in [-0.3, -0.25) is 4.90 Å². The van der Waals surface area contributed by atoms with Gasteiger partial charge in [-0.25, -0.2) is 0 Å². The van der Waals surface area contributed by atoms with E-state index in [0.717, 1.165) is 26.1 Å². The predicted molar refractivity (Wildman–Crippen MR) is 82.4 cm³/mol. The predicted octanol–water partition coefficient (Wildman–Crippen LogP) is 2.49. The first-order valence-electron chi connectivity index (χ1n) is 8.09. The van der Waals surface area contributed by atoms with E-state index in [2.05, 4.69) is 44.8 Å². The zero-order valence-corrected chi connectivity index (χ0v) is 13.5. The minimum atomic E-state index is -0.149. The van der Waals surface area contributed by atoms with Crippen molar-refractivity contribution >= 4 is 0 Å². The van der Waals surface area contributed by atoms with Crippen molar-refractivity contribution in [3.63, 3.8) is 0 Å².